The van der Waals surface area contributed by atoms with Crippen LogP contribution in [0.1, 0.15) is 16.1 Å². The number of nitrogens with zero attached hydrogens (tertiary/aromatic N) is 1. The number of esters is 1. The minimum atomic E-state index is -0.389. The fourth-order valence-electron chi connectivity index (χ4n) is 1.71. The van der Waals surface area contributed by atoms with Crippen LogP contribution in [0.2, 0.25) is 5.02 Å². The number of hydrogen-bond donors (Lipinski definition) is 0. The number of hydrogen-bond acceptors (Lipinski definition) is 3. The van der Waals surface area contributed by atoms with Crippen molar-refractivity contribution in [3.63, 3.8) is 0 Å². The third-order valence-corrected chi connectivity index (χ3v) is 3.39. The summed E-state index contributed by atoms with van der Waals surface area (Å²) in [5, 5.41) is 1.13. The maximum Gasteiger partial charge on any atom is 0.339 e. The van der Waals surface area contributed by atoms with Crippen LogP contribution in [0.3, 0.4) is 0 Å². The number of carbonyl (C=O) groups is 1. The Morgan fingerprint density at radius 2 is 2.16 bits per heavy atom. The van der Waals surface area contributed by atoms with Crippen LogP contribution in [0.25, 0.3) is 11.3 Å². The Bertz CT molecular complexity index is 616. The lowest BCUT2D eigenvalue weighted by atomic mass is 10.1. The van der Waals surface area contributed by atoms with Gasteiger partial charge in [-0.2, -0.15) is 0 Å². The third-order valence-electron chi connectivity index (χ3n) is 2.63. The Hall–Kier alpha value is -1.39. The van der Waals surface area contributed by atoms with E-state index in [9.17, 15) is 4.79 Å². The average molecular weight is 341 g/mol. The second-order valence-electron chi connectivity index (χ2n) is 3.83. The Morgan fingerprint density at radius 1 is 1.37 bits per heavy atom. The predicted octanol–water partition coefficient (Wildman–Crippen LogP) is 4.08. The monoisotopic (exact) mass is 339 g/mol. The van der Waals surface area contributed by atoms with Gasteiger partial charge < -0.3 is 4.74 Å². The molecule has 98 valence electrons. The van der Waals surface area contributed by atoms with E-state index in [2.05, 4.69) is 20.9 Å². The van der Waals surface area contributed by atoms with Crippen molar-refractivity contribution < 1.29 is 9.53 Å². The van der Waals surface area contributed by atoms with E-state index in [1.165, 1.54) is 7.11 Å². The summed E-state index contributed by atoms with van der Waals surface area (Å²) in [6.45, 7) is 0. The lowest BCUT2D eigenvalue weighted by Crippen LogP contribution is -2.07. The summed E-state index contributed by atoms with van der Waals surface area (Å²) < 4.78 is 4.72. The first-order valence-electron chi connectivity index (χ1n) is 5.56. The highest BCUT2D eigenvalue weighted by atomic mass is 79.9. The van der Waals surface area contributed by atoms with Gasteiger partial charge in [-0.25, -0.2) is 4.79 Å². The van der Waals surface area contributed by atoms with Crippen molar-refractivity contribution in [3.8, 4) is 11.3 Å². The Balaban J connectivity index is 2.47. The van der Waals surface area contributed by atoms with Crippen molar-refractivity contribution in [1.29, 1.82) is 0 Å². The molecule has 0 atom stereocenters. The summed E-state index contributed by atoms with van der Waals surface area (Å²) in [6.07, 6.45) is 0. The number of alkyl halides is 1. The first-order valence-corrected chi connectivity index (χ1v) is 7.05. The second kappa shape index (κ2) is 6.17. The highest BCUT2D eigenvalue weighted by Gasteiger charge is 2.13. The molecule has 5 heteroatoms. The molecule has 2 rings (SSSR count). The van der Waals surface area contributed by atoms with E-state index >= 15 is 0 Å². The van der Waals surface area contributed by atoms with E-state index < -0.39 is 0 Å². The van der Waals surface area contributed by atoms with E-state index in [4.69, 9.17) is 16.3 Å². The average Bonchev–Trinajstić information content (AvgIpc) is 2.45. The summed E-state index contributed by atoms with van der Waals surface area (Å²) >= 11 is 9.29. The normalized spacial score (nSPS) is 10.3. The number of rotatable bonds is 3. The van der Waals surface area contributed by atoms with Gasteiger partial charge >= 0.3 is 5.97 Å². The molecule has 0 saturated heterocycles. The molecule has 2 aromatic rings. The number of methoxy groups -OCH3 is 1. The fraction of sp³-hybridized carbons (Fsp3) is 0.143. The minimum Gasteiger partial charge on any atom is -0.465 e. The molecule has 0 unspecified atom stereocenters. The lowest BCUT2D eigenvalue weighted by Gasteiger charge is -2.08. The Labute approximate surface area is 124 Å². The smallest absolute Gasteiger partial charge is 0.339 e. The first kappa shape index (κ1) is 14.0. The maximum atomic E-state index is 11.6. The largest absolute Gasteiger partial charge is 0.465 e. The molecule has 0 fully saturated rings. The molecule has 1 heterocycles. The Morgan fingerprint density at radius 3 is 2.79 bits per heavy atom. The zero-order valence-corrected chi connectivity index (χ0v) is 12.5. The van der Waals surface area contributed by atoms with Crippen molar-refractivity contribution in [3.05, 3.63) is 52.7 Å². The summed E-state index contributed by atoms with van der Waals surface area (Å²) in [6, 6.07) is 10.9. The van der Waals surface area contributed by atoms with E-state index in [1.54, 1.807) is 18.2 Å². The van der Waals surface area contributed by atoms with Gasteiger partial charge in [0.1, 0.15) is 0 Å². The van der Waals surface area contributed by atoms with Crippen LogP contribution in [0.4, 0.5) is 0 Å². The van der Waals surface area contributed by atoms with Crippen LogP contribution in [0.15, 0.2) is 36.4 Å². The minimum absolute atomic E-state index is 0.389. The molecule has 0 aliphatic carbocycles. The van der Waals surface area contributed by atoms with E-state index in [0.29, 0.717) is 21.6 Å². The van der Waals surface area contributed by atoms with Crippen molar-refractivity contribution in [1.82, 2.24) is 4.98 Å². The topological polar surface area (TPSA) is 39.2 Å². The van der Waals surface area contributed by atoms with Crippen molar-refractivity contribution >= 4 is 33.5 Å². The number of pyridine rings is 1. The lowest BCUT2D eigenvalue weighted by molar-refractivity contribution is 0.0599. The maximum absolute atomic E-state index is 11.6. The van der Waals surface area contributed by atoms with Gasteiger partial charge in [-0.3, -0.25) is 4.98 Å². The highest BCUT2D eigenvalue weighted by molar-refractivity contribution is 9.08. The standard InChI is InChI=1S/C14H11BrClNO2/c1-19-14(18)11-5-6-12(17-13(11)8-15)9-3-2-4-10(16)7-9/h2-7H,8H2,1H3. The van der Waals surface area contributed by atoms with Gasteiger partial charge in [0.2, 0.25) is 0 Å². The highest BCUT2D eigenvalue weighted by Crippen LogP contribution is 2.23. The van der Waals surface area contributed by atoms with Crippen LogP contribution in [0, 0.1) is 0 Å². The molecule has 0 N–H and O–H groups in total. The van der Waals surface area contributed by atoms with Gasteiger partial charge in [0, 0.05) is 15.9 Å². The number of ether oxygens (including phenoxy) is 1. The zero-order chi connectivity index (χ0) is 13.8. The van der Waals surface area contributed by atoms with Crippen molar-refractivity contribution in [2.24, 2.45) is 0 Å². The molecular formula is C14H11BrClNO2. The molecule has 1 aromatic heterocycles. The van der Waals surface area contributed by atoms with Crippen LogP contribution in [-0.4, -0.2) is 18.1 Å². The molecule has 3 nitrogen and oxygen atoms in total. The molecule has 0 aliphatic rings. The third kappa shape index (κ3) is 3.14. The fourth-order valence-corrected chi connectivity index (χ4v) is 2.33. The van der Waals surface area contributed by atoms with Crippen LogP contribution >= 0.6 is 27.5 Å². The van der Waals surface area contributed by atoms with Gasteiger partial charge in [-0.05, 0) is 24.3 Å². The number of halogens is 2. The van der Waals surface area contributed by atoms with Crippen molar-refractivity contribution in [2.45, 2.75) is 5.33 Å². The van der Waals surface area contributed by atoms with Gasteiger partial charge in [-0.15, -0.1) is 0 Å². The number of benzene rings is 1. The SMILES string of the molecule is COC(=O)c1ccc(-c2cccc(Cl)c2)nc1CBr. The molecule has 0 radical (unpaired) electrons. The van der Waals surface area contributed by atoms with Gasteiger partial charge in [0.25, 0.3) is 0 Å². The van der Waals surface area contributed by atoms with Gasteiger partial charge in [-0.1, -0.05) is 39.7 Å². The molecule has 0 aliphatic heterocycles. The van der Waals surface area contributed by atoms with Crippen LogP contribution < -0.4 is 0 Å². The summed E-state index contributed by atoms with van der Waals surface area (Å²) in [7, 11) is 1.35. The predicted molar refractivity (Wildman–Crippen MR) is 78.7 cm³/mol. The van der Waals surface area contributed by atoms with Gasteiger partial charge in [0.05, 0.1) is 24.1 Å². The van der Waals surface area contributed by atoms with Crippen LogP contribution in [-0.2, 0) is 10.1 Å². The molecule has 0 spiro atoms. The molecule has 1 aromatic carbocycles. The summed E-state index contributed by atoms with van der Waals surface area (Å²) in [5.74, 6) is -0.389. The summed E-state index contributed by atoms with van der Waals surface area (Å²) in [5.41, 5.74) is 2.78. The van der Waals surface area contributed by atoms with Crippen LogP contribution in [0.5, 0.6) is 0 Å². The Kier molecular flexibility index (Phi) is 4.56. The zero-order valence-electron chi connectivity index (χ0n) is 10.2. The molecule has 0 bridgehead atoms. The number of carbonyl (C=O) groups excluding carboxylic acids is 1. The van der Waals surface area contributed by atoms with Crippen molar-refractivity contribution in [2.75, 3.05) is 7.11 Å². The first-order chi connectivity index (χ1) is 9.15. The molecular weight excluding hydrogens is 330 g/mol. The van der Waals surface area contributed by atoms with E-state index in [0.717, 1.165) is 11.3 Å². The molecule has 0 amide bonds. The van der Waals surface area contributed by atoms with Gasteiger partial charge in [0.15, 0.2) is 0 Å². The second-order valence-corrected chi connectivity index (χ2v) is 4.82. The number of aromatic nitrogens is 1. The quantitative estimate of drug-likeness (QED) is 0.624. The molecule has 0 saturated carbocycles. The molecule has 19 heavy (non-hydrogen) atoms. The van der Waals surface area contributed by atoms with E-state index in [-0.39, 0.29) is 5.97 Å². The summed E-state index contributed by atoms with van der Waals surface area (Å²) in [4.78, 5) is 16.1. The van der Waals surface area contributed by atoms with E-state index in [1.807, 2.05) is 18.2 Å².